The minimum atomic E-state index is -0.305. The standard InChI is InChI=1S/C24H24N4OS2/c1-3-17-8-10-18(11-9-17)14-27-22(29)21-20(12-13-30-21)28-23(27)25-26-24(28)31-15-19-6-4-16(2)5-7-19/h4-13,23,25H,3,14-15H2,1-2H3. The van der Waals surface area contributed by atoms with Crippen molar-refractivity contribution in [2.45, 2.75) is 38.9 Å². The van der Waals surface area contributed by atoms with Gasteiger partial charge in [0.1, 0.15) is 4.88 Å². The van der Waals surface area contributed by atoms with Gasteiger partial charge in [-0.2, -0.15) is 5.10 Å². The molecule has 31 heavy (non-hydrogen) atoms. The second kappa shape index (κ2) is 8.40. The lowest BCUT2D eigenvalue weighted by atomic mass is 10.1. The number of hydrogen-bond donors (Lipinski definition) is 1. The summed E-state index contributed by atoms with van der Waals surface area (Å²) in [5, 5.41) is 7.49. The summed E-state index contributed by atoms with van der Waals surface area (Å²) in [7, 11) is 0. The fourth-order valence-corrected chi connectivity index (χ4v) is 5.62. The molecule has 0 bridgehead atoms. The Balaban J connectivity index is 1.38. The van der Waals surface area contributed by atoms with Gasteiger partial charge in [0.15, 0.2) is 5.17 Å². The van der Waals surface area contributed by atoms with E-state index in [9.17, 15) is 4.79 Å². The number of thioether (sulfide) groups is 1. The average molecular weight is 449 g/mol. The van der Waals surface area contributed by atoms with Crippen LogP contribution in [0.25, 0.3) is 0 Å². The number of fused-ring (bicyclic) bond motifs is 3. The highest BCUT2D eigenvalue weighted by atomic mass is 32.2. The van der Waals surface area contributed by atoms with Crippen LogP contribution < -0.4 is 10.3 Å². The molecule has 0 aliphatic carbocycles. The number of rotatable bonds is 5. The van der Waals surface area contributed by atoms with Crippen LogP contribution in [-0.2, 0) is 18.7 Å². The van der Waals surface area contributed by atoms with Gasteiger partial charge in [-0.1, -0.05) is 72.8 Å². The molecule has 5 nitrogen and oxygen atoms in total. The highest BCUT2D eigenvalue weighted by Crippen LogP contribution is 2.39. The van der Waals surface area contributed by atoms with Gasteiger partial charge in [-0.15, -0.1) is 11.3 Å². The van der Waals surface area contributed by atoms with Crippen molar-refractivity contribution in [1.82, 2.24) is 10.3 Å². The monoisotopic (exact) mass is 448 g/mol. The highest BCUT2D eigenvalue weighted by Gasteiger charge is 2.43. The van der Waals surface area contributed by atoms with E-state index in [2.05, 4.69) is 77.8 Å². The van der Waals surface area contributed by atoms with Gasteiger partial charge >= 0.3 is 0 Å². The van der Waals surface area contributed by atoms with E-state index in [-0.39, 0.29) is 12.2 Å². The van der Waals surface area contributed by atoms with Crippen molar-refractivity contribution in [2.24, 2.45) is 5.10 Å². The maximum absolute atomic E-state index is 13.3. The van der Waals surface area contributed by atoms with Crippen molar-refractivity contribution in [3.8, 4) is 0 Å². The second-order valence-corrected chi connectivity index (χ2v) is 9.64. The molecular formula is C24H24N4OS2. The summed E-state index contributed by atoms with van der Waals surface area (Å²) < 4.78 is 0. The van der Waals surface area contributed by atoms with E-state index in [1.54, 1.807) is 11.8 Å². The third kappa shape index (κ3) is 3.83. The van der Waals surface area contributed by atoms with Crippen LogP contribution in [0.3, 0.4) is 0 Å². The third-order valence-corrected chi connectivity index (χ3v) is 7.57. The van der Waals surface area contributed by atoms with Crippen LogP contribution in [0.1, 0.15) is 38.8 Å². The molecule has 3 aromatic rings. The largest absolute Gasteiger partial charge is 0.294 e. The Labute approximate surface area is 190 Å². The minimum absolute atomic E-state index is 0.0540. The van der Waals surface area contributed by atoms with Crippen LogP contribution in [0, 0.1) is 6.92 Å². The number of hydrazone groups is 1. The van der Waals surface area contributed by atoms with Crippen molar-refractivity contribution in [2.75, 3.05) is 4.90 Å². The van der Waals surface area contributed by atoms with E-state index in [0.29, 0.717) is 6.54 Å². The predicted octanol–water partition coefficient (Wildman–Crippen LogP) is 5.17. The number of amidine groups is 1. The molecular weight excluding hydrogens is 424 g/mol. The second-order valence-electron chi connectivity index (χ2n) is 7.78. The van der Waals surface area contributed by atoms with Gasteiger partial charge in [0, 0.05) is 12.3 Å². The Bertz CT molecular complexity index is 1120. The molecule has 1 N–H and O–H groups in total. The van der Waals surface area contributed by atoms with Gasteiger partial charge in [-0.3, -0.25) is 20.0 Å². The summed E-state index contributed by atoms with van der Waals surface area (Å²) in [6, 6.07) is 19.1. The first kappa shape index (κ1) is 20.2. The molecule has 1 amide bonds. The number of amides is 1. The number of anilines is 1. The number of thiophene rings is 1. The molecule has 1 atom stereocenters. The normalized spacial score (nSPS) is 17.3. The number of hydrogen-bond acceptors (Lipinski definition) is 6. The molecule has 0 saturated heterocycles. The third-order valence-electron chi connectivity index (χ3n) is 5.65. The molecule has 2 aromatic carbocycles. The molecule has 7 heteroatoms. The predicted molar refractivity (Wildman–Crippen MR) is 129 cm³/mol. The number of carbonyl (C=O) groups is 1. The van der Waals surface area contributed by atoms with Crippen molar-refractivity contribution < 1.29 is 4.79 Å². The molecule has 1 aromatic heterocycles. The number of nitrogens with one attached hydrogen (secondary N) is 1. The average Bonchev–Trinajstić information content (AvgIpc) is 3.44. The van der Waals surface area contributed by atoms with Crippen LogP contribution in [0.5, 0.6) is 0 Å². The van der Waals surface area contributed by atoms with Gasteiger partial charge in [-0.25, -0.2) is 0 Å². The Morgan fingerprint density at radius 1 is 1.03 bits per heavy atom. The first-order valence-electron chi connectivity index (χ1n) is 10.4. The summed E-state index contributed by atoms with van der Waals surface area (Å²) in [5.41, 5.74) is 9.09. The zero-order valence-corrected chi connectivity index (χ0v) is 19.2. The van der Waals surface area contributed by atoms with E-state index >= 15 is 0 Å². The fourth-order valence-electron chi connectivity index (χ4n) is 3.84. The number of benzene rings is 2. The van der Waals surface area contributed by atoms with E-state index < -0.39 is 0 Å². The van der Waals surface area contributed by atoms with Crippen LogP contribution >= 0.6 is 23.1 Å². The van der Waals surface area contributed by atoms with Crippen molar-refractivity contribution >= 4 is 39.9 Å². The van der Waals surface area contributed by atoms with E-state index in [1.807, 2.05) is 16.3 Å². The maximum atomic E-state index is 13.3. The summed E-state index contributed by atoms with van der Waals surface area (Å²) in [6.45, 7) is 4.79. The topological polar surface area (TPSA) is 47.9 Å². The molecule has 0 spiro atoms. The summed E-state index contributed by atoms with van der Waals surface area (Å²) in [4.78, 5) is 18.1. The molecule has 0 fully saturated rings. The summed E-state index contributed by atoms with van der Waals surface area (Å²) >= 11 is 3.19. The van der Waals surface area contributed by atoms with E-state index in [0.717, 1.165) is 33.5 Å². The summed E-state index contributed by atoms with van der Waals surface area (Å²) in [6.07, 6.45) is 0.704. The molecule has 3 heterocycles. The molecule has 158 valence electrons. The Morgan fingerprint density at radius 3 is 2.48 bits per heavy atom. The Morgan fingerprint density at radius 2 is 1.74 bits per heavy atom. The van der Waals surface area contributed by atoms with Crippen LogP contribution in [0.15, 0.2) is 65.1 Å². The molecule has 0 radical (unpaired) electrons. The van der Waals surface area contributed by atoms with Gasteiger partial charge in [0.2, 0.25) is 6.29 Å². The van der Waals surface area contributed by atoms with Crippen molar-refractivity contribution in [3.63, 3.8) is 0 Å². The molecule has 2 aliphatic rings. The maximum Gasteiger partial charge on any atom is 0.269 e. The van der Waals surface area contributed by atoms with E-state index in [1.165, 1.54) is 28.0 Å². The van der Waals surface area contributed by atoms with Crippen LogP contribution in [-0.4, -0.2) is 22.3 Å². The number of nitrogens with zero attached hydrogens (tertiary/aromatic N) is 3. The van der Waals surface area contributed by atoms with Gasteiger partial charge in [-0.05, 0) is 41.5 Å². The highest BCUT2D eigenvalue weighted by molar-refractivity contribution is 8.13. The lowest BCUT2D eigenvalue weighted by molar-refractivity contribution is 0.0629. The van der Waals surface area contributed by atoms with Crippen LogP contribution in [0.2, 0.25) is 0 Å². The van der Waals surface area contributed by atoms with Crippen molar-refractivity contribution in [1.29, 1.82) is 0 Å². The minimum Gasteiger partial charge on any atom is -0.294 e. The molecule has 2 aliphatic heterocycles. The molecule has 5 rings (SSSR count). The van der Waals surface area contributed by atoms with Gasteiger partial charge in [0.25, 0.3) is 5.91 Å². The van der Waals surface area contributed by atoms with Gasteiger partial charge in [0.05, 0.1) is 5.69 Å². The number of carbonyl (C=O) groups excluding carboxylic acids is 1. The molecule has 1 unspecified atom stereocenters. The van der Waals surface area contributed by atoms with E-state index in [4.69, 9.17) is 0 Å². The fraction of sp³-hybridized carbons (Fsp3) is 0.250. The zero-order valence-electron chi connectivity index (χ0n) is 17.5. The zero-order chi connectivity index (χ0) is 21.4. The SMILES string of the molecule is CCc1ccc(CN2C(=O)c3sccc3N3C(SCc4ccc(C)cc4)=NNC23)cc1. The van der Waals surface area contributed by atoms with Crippen molar-refractivity contribution in [3.05, 3.63) is 87.1 Å². The van der Waals surface area contributed by atoms with Gasteiger partial charge < -0.3 is 0 Å². The first-order chi connectivity index (χ1) is 15.1. The van der Waals surface area contributed by atoms with Crippen LogP contribution in [0.4, 0.5) is 5.69 Å². The lowest BCUT2D eigenvalue weighted by Gasteiger charge is -2.39. The summed E-state index contributed by atoms with van der Waals surface area (Å²) in [5.74, 6) is 0.883. The number of aryl methyl sites for hydroxylation is 2. The first-order valence-corrected chi connectivity index (χ1v) is 12.3. The quantitative estimate of drug-likeness (QED) is 0.585. The smallest absolute Gasteiger partial charge is 0.269 e. The Hall–Kier alpha value is -2.77. The lowest BCUT2D eigenvalue weighted by Crippen LogP contribution is -2.57. The Kier molecular flexibility index (Phi) is 5.46. The molecule has 0 saturated carbocycles.